The number of thioether (sulfide) groups is 1. The SMILES string of the molecule is CN(C)c1cccc(C(=O)NCC2(Sc3ccccc3)CCOCC2)c1. The van der Waals surface area contributed by atoms with Crippen molar-refractivity contribution in [3.63, 3.8) is 0 Å². The van der Waals surface area contributed by atoms with Gasteiger partial charge >= 0.3 is 0 Å². The summed E-state index contributed by atoms with van der Waals surface area (Å²) in [5.74, 6) is -0.0202. The first-order valence-electron chi connectivity index (χ1n) is 8.95. The van der Waals surface area contributed by atoms with Crippen LogP contribution in [0.25, 0.3) is 0 Å². The van der Waals surface area contributed by atoms with Gasteiger partial charge in [0.15, 0.2) is 0 Å². The number of anilines is 1. The molecule has 0 atom stereocenters. The molecule has 1 aliphatic heterocycles. The van der Waals surface area contributed by atoms with E-state index >= 15 is 0 Å². The van der Waals surface area contributed by atoms with Crippen molar-refractivity contribution >= 4 is 23.4 Å². The Bertz CT molecular complexity index is 728. The zero-order valence-electron chi connectivity index (χ0n) is 15.4. The second kappa shape index (κ2) is 8.60. The lowest BCUT2D eigenvalue weighted by atomic mass is 9.99. The highest BCUT2D eigenvalue weighted by Gasteiger charge is 2.34. The maximum atomic E-state index is 12.7. The lowest BCUT2D eigenvalue weighted by molar-refractivity contribution is 0.0741. The third-order valence-corrected chi connectivity index (χ3v) is 6.17. The van der Waals surface area contributed by atoms with Crippen LogP contribution >= 0.6 is 11.8 Å². The minimum absolute atomic E-state index is 0.0194. The molecule has 0 spiro atoms. The van der Waals surface area contributed by atoms with Gasteiger partial charge in [-0.1, -0.05) is 24.3 Å². The maximum Gasteiger partial charge on any atom is 0.251 e. The van der Waals surface area contributed by atoms with Crippen molar-refractivity contribution < 1.29 is 9.53 Å². The molecule has 0 bridgehead atoms. The fraction of sp³-hybridized carbons (Fsp3) is 0.381. The Labute approximate surface area is 159 Å². The molecule has 1 saturated heterocycles. The molecule has 3 rings (SSSR count). The molecule has 2 aromatic rings. The molecule has 0 aromatic heterocycles. The van der Waals surface area contributed by atoms with Crippen molar-refractivity contribution in [2.75, 3.05) is 38.8 Å². The van der Waals surface area contributed by atoms with Crippen LogP contribution in [0.2, 0.25) is 0 Å². The van der Waals surface area contributed by atoms with Crippen molar-refractivity contribution in [1.82, 2.24) is 5.32 Å². The number of benzene rings is 2. The van der Waals surface area contributed by atoms with E-state index in [1.165, 1.54) is 4.90 Å². The number of nitrogens with zero attached hydrogens (tertiary/aromatic N) is 1. The molecule has 138 valence electrons. The highest BCUT2D eigenvalue weighted by atomic mass is 32.2. The van der Waals surface area contributed by atoms with E-state index in [2.05, 4.69) is 29.6 Å². The second-order valence-electron chi connectivity index (χ2n) is 6.84. The lowest BCUT2D eigenvalue weighted by Crippen LogP contribution is -2.44. The van der Waals surface area contributed by atoms with Crippen LogP contribution in [0.4, 0.5) is 5.69 Å². The zero-order chi connectivity index (χ0) is 18.4. The van der Waals surface area contributed by atoms with Crippen molar-refractivity contribution in [2.24, 2.45) is 0 Å². The van der Waals surface area contributed by atoms with Gasteiger partial charge in [-0.2, -0.15) is 0 Å². The molecule has 4 nitrogen and oxygen atoms in total. The first-order valence-corrected chi connectivity index (χ1v) is 9.77. The predicted molar refractivity (Wildman–Crippen MR) is 108 cm³/mol. The summed E-state index contributed by atoms with van der Waals surface area (Å²) >= 11 is 1.85. The molecule has 0 saturated carbocycles. The number of hydrogen-bond donors (Lipinski definition) is 1. The smallest absolute Gasteiger partial charge is 0.251 e. The zero-order valence-corrected chi connectivity index (χ0v) is 16.2. The van der Waals surface area contributed by atoms with Crippen LogP contribution in [-0.2, 0) is 4.74 Å². The second-order valence-corrected chi connectivity index (χ2v) is 8.38. The fourth-order valence-corrected chi connectivity index (χ4v) is 4.37. The third-order valence-electron chi connectivity index (χ3n) is 4.68. The Hall–Kier alpha value is -1.98. The Morgan fingerprint density at radius 3 is 2.54 bits per heavy atom. The Kier molecular flexibility index (Phi) is 6.22. The predicted octanol–water partition coefficient (Wildman–Crippen LogP) is 3.82. The number of hydrogen-bond acceptors (Lipinski definition) is 4. The summed E-state index contributed by atoms with van der Waals surface area (Å²) in [5.41, 5.74) is 1.72. The lowest BCUT2D eigenvalue weighted by Gasteiger charge is -2.36. The third kappa shape index (κ3) is 4.80. The Morgan fingerprint density at radius 2 is 1.85 bits per heavy atom. The molecular weight excluding hydrogens is 344 g/mol. The number of carbonyl (C=O) groups is 1. The molecule has 1 amide bonds. The van der Waals surface area contributed by atoms with E-state index < -0.39 is 0 Å². The van der Waals surface area contributed by atoms with Crippen molar-refractivity contribution in [3.05, 3.63) is 60.2 Å². The summed E-state index contributed by atoms with van der Waals surface area (Å²) in [5, 5.41) is 3.16. The fourth-order valence-electron chi connectivity index (χ4n) is 3.07. The first kappa shape index (κ1) is 18.8. The highest BCUT2D eigenvalue weighted by Crippen LogP contribution is 2.40. The van der Waals surface area contributed by atoms with Gasteiger partial charge in [0.25, 0.3) is 5.91 Å². The van der Waals surface area contributed by atoms with Gasteiger partial charge in [0.1, 0.15) is 0 Å². The Balaban J connectivity index is 1.69. The average molecular weight is 371 g/mol. The summed E-state index contributed by atoms with van der Waals surface area (Å²) in [7, 11) is 3.95. The Morgan fingerprint density at radius 1 is 1.12 bits per heavy atom. The van der Waals surface area contributed by atoms with Crippen LogP contribution in [0.15, 0.2) is 59.5 Å². The number of nitrogens with one attached hydrogen (secondary N) is 1. The van der Waals surface area contributed by atoms with Gasteiger partial charge < -0.3 is 15.0 Å². The van der Waals surface area contributed by atoms with Crippen LogP contribution in [0, 0.1) is 0 Å². The molecule has 1 N–H and O–H groups in total. The van der Waals surface area contributed by atoms with Gasteiger partial charge in [-0.15, -0.1) is 11.8 Å². The molecule has 1 aliphatic rings. The van der Waals surface area contributed by atoms with Crippen molar-refractivity contribution in [3.8, 4) is 0 Å². The number of ether oxygens (including phenoxy) is 1. The van der Waals surface area contributed by atoms with Crippen LogP contribution in [0.1, 0.15) is 23.2 Å². The van der Waals surface area contributed by atoms with Crippen LogP contribution in [-0.4, -0.2) is 44.5 Å². The van der Waals surface area contributed by atoms with E-state index in [-0.39, 0.29) is 10.7 Å². The standard InChI is InChI=1S/C21H26N2O2S/c1-23(2)18-8-6-7-17(15-18)20(24)22-16-21(11-13-25-14-12-21)26-19-9-4-3-5-10-19/h3-10,15H,11-14,16H2,1-2H3,(H,22,24). The van der Waals surface area contributed by atoms with Crippen molar-refractivity contribution in [2.45, 2.75) is 22.5 Å². The van der Waals surface area contributed by atoms with Gasteiger partial charge in [-0.3, -0.25) is 4.79 Å². The monoisotopic (exact) mass is 370 g/mol. The molecule has 2 aromatic carbocycles. The van der Waals surface area contributed by atoms with Gasteiger partial charge in [-0.25, -0.2) is 0 Å². The van der Waals surface area contributed by atoms with E-state index in [0.29, 0.717) is 12.1 Å². The quantitative estimate of drug-likeness (QED) is 0.839. The van der Waals surface area contributed by atoms with E-state index in [1.807, 2.05) is 61.1 Å². The minimum Gasteiger partial charge on any atom is -0.381 e. The molecule has 26 heavy (non-hydrogen) atoms. The molecule has 0 aliphatic carbocycles. The summed E-state index contributed by atoms with van der Waals surface area (Å²) in [6.07, 6.45) is 1.87. The van der Waals surface area contributed by atoms with E-state index in [9.17, 15) is 4.79 Å². The first-order chi connectivity index (χ1) is 12.6. The van der Waals surface area contributed by atoms with E-state index in [0.717, 1.165) is 31.7 Å². The molecule has 0 radical (unpaired) electrons. The summed E-state index contributed by atoms with van der Waals surface area (Å²) in [6.45, 7) is 2.12. The number of amides is 1. The summed E-state index contributed by atoms with van der Waals surface area (Å²) < 4.78 is 5.55. The maximum absolute atomic E-state index is 12.7. The normalized spacial score (nSPS) is 16.1. The number of rotatable bonds is 6. The van der Waals surface area contributed by atoms with Gasteiger partial charge in [0.2, 0.25) is 0 Å². The highest BCUT2D eigenvalue weighted by molar-refractivity contribution is 8.00. The van der Waals surface area contributed by atoms with Crippen LogP contribution in [0.5, 0.6) is 0 Å². The van der Waals surface area contributed by atoms with Gasteiger partial charge in [0.05, 0.1) is 0 Å². The van der Waals surface area contributed by atoms with Crippen LogP contribution in [0.3, 0.4) is 0 Å². The van der Waals surface area contributed by atoms with Gasteiger partial charge in [-0.05, 0) is 43.2 Å². The molecule has 5 heteroatoms. The molecule has 0 unspecified atom stereocenters. The average Bonchev–Trinajstić information content (AvgIpc) is 2.68. The van der Waals surface area contributed by atoms with Gasteiger partial charge in [0, 0.05) is 54.7 Å². The largest absolute Gasteiger partial charge is 0.381 e. The topological polar surface area (TPSA) is 41.6 Å². The van der Waals surface area contributed by atoms with Crippen LogP contribution < -0.4 is 10.2 Å². The molecule has 1 fully saturated rings. The van der Waals surface area contributed by atoms with E-state index in [4.69, 9.17) is 4.74 Å². The summed E-state index contributed by atoms with van der Waals surface area (Å²) in [6, 6.07) is 18.1. The minimum atomic E-state index is -0.0202. The van der Waals surface area contributed by atoms with E-state index in [1.54, 1.807) is 0 Å². The molecule has 1 heterocycles. The summed E-state index contributed by atoms with van der Waals surface area (Å²) in [4.78, 5) is 15.9. The van der Waals surface area contributed by atoms with Crippen molar-refractivity contribution in [1.29, 1.82) is 0 Å². The number of carbonyl (C=O) groups excluding carboxylic acids is 1. The molecular formula is C21H26N2O2S.